The van der Waals surface area contributed by atoms with Crippen molar-refractivity contribution in [3.05, 3.63) is 36.0 Å². The zero-order valence-electron chi connectivity index (χ0n) is 19.2. The number of hydrogen-bond donors (Lipinski definition) is 1. The number of hydrogen-bond acceptors (Lipinski definition) is 3. The van der Waals surface area contributed by atoms with Crippen LogP contribution in [0.5, 0.6) is 0 Å². The predicted molar refractivity (Wildman–Crippen MR) is 121 cm³/mol. The first-order valence-corrected chi connectivity index (χ1v) is 12.0. The van der Waals surface area contributed by atoms with E-state index in [0.29, 0.717) is 17.9 Å². The molecule has 6 heteroatoms. The van der Waals surface area contributed by atoms with Crippen molar-refractivity contribution in [3.63, 3.8) is 0 Å². The van der Waals surface area contributed by atoms with Crippen molar-refractivity contribution in [2.45, 2.75) is 64.5 Å². The zero-order valence-corrected chi connectivity index (χ0v) is 19.2. The Morgan fingerprint density at radius 1 is 1.16 bits per heavy atom. The fourth-order valence-corrected chi connectivity index (χ4v) is 5.86. The van der Waals surface area contributed by atoms with Crippen molar-refractivity contribution in [2.75, 3.05) is 26.2 Å². The average Bonchev–Trinajstić information content (AvgIpc) is 3.46. The largest absolute Gasteiger partial charge is 0.342 e. The van der Waals surface area contributed by atoms with Gasteiger partial charge in [0.25, 0.3) is 0 Å². The fraction of sp³-hybridized carbons (Fsp3) is 0.640. The van der Waals surface area contributed by atoms with Gasteiger partial charge >= 0.3 is 0 Å². The standard InChI is InChI=1S/C25H35N5O/c1-25(2,3)20-8-6-18(7-9-20)23-17-30(27-26-23)15-21-14-19-10-13-29(21)16-22(19)24(31)28-11-4-5-12-28/h6-9,17,19,21-22H,4-5,10-16H2,1-3H3/p+1/t19-,21-,22+/m1/s1. The molecule has 1 aromatic carbocycles. The van der Waals surface area contributed by atoms with Crippen LogP contribution in [-0.4, -0.2) is 58.0 Å². The lowest BCUT2D eigenvalue weighted by molar-refractivity contribution is -0.945. The summed E-state index contributed by atoms with van der Waals surface area (Å²) in [5, 5.41) is 8.88. The highest BCUT2D eigenvalue weighted by molar-refractivity contribution is 5.79. The molecule has 0 aliphatic carbocycles. The van der Waals surface area contributed by atoms with Crippen molar-refractivity contribution in [1.29, 1.82) is 0 Å². The summed E-state index contributed by atoms with van der Waals surface area (Å²) in [5.41, 5.74) is 3.54. The highest BCUT2D eigenvalue weighted by atomic mass is 16.2. The van der Waals surface area contributed by atoms with Crippen LogP contribution < -0.4 is 4.90 Å². The Labute approximate surface area is 185 Å². The summed E-state index contributed by atoms with van der Waals surface area (Å²) >= 11 is 0. The topological polar surface area (TPSA) is 55.5 Å². The number of amides is 1. The van der Waals surface area contributed by atoms with Crippen LogP contribution in [0.2, 0.25) is 0 Å². The predicted octanol–water partition coefficient (Wildman–Crippen LogP) is 2.16. The van der Waals surface area contributed by atoms with E-state index < -0.39 is 0 Å². The second-order valence-corrected chi connectivity index (χ2v) is 10.9. The molecule has 5 heterocycles. The number of nitrogens with one attached hydrogen (secondary N) is 1. The number of fused-ring (bicyclic) bond motifs is 3. The van der Waals surface area contributed by atoms with E-state index in [0.717, 1.165) is 43.9 Å². The number of carbonyl (C=O) groups excluding carboxylic acids is 1. The smallest absolute Gasteiger partial charge is 0.231 e. The number of likely N-dealkylation sites (tertiary alicyclic amines) is 1. The Bertz CT molecular complexity index is 922. The van der Waals surface area contributed by atoms with Gasteiger partial charge in [-0.2, -0.15) is 0 Å². The van der Waals surface area contributed by atoms with Crippen LogP contribution in [0.4, 0.5) is 0 Å². The number of benzene rings is 1. The van der Waals surface area contributed by atoms with Crippen LogP contribution in [0.15, 0.2) is 30.5 Å². The van der Waals surface area contributed by atoms with E-state index in [2.05, 4.69) is 66.4 Å². The summed E-state index contributed by atoms with van der Waals surface area (Å²) in [6.45, 7) is 11.7. The molecule has 166 valence electrons. The van der Waals surface area contributed by atoms with Crippen LogP contribution >= 0.6 is 0 Å². The molecule has 4 saturated heterocycles. The molecule has 6 rings (SSSR count). The molecule has 1 amide bonds. The first-order valence-electron chi connectivity index (χ1n) is 12.0. The molecule has 2 bridgehead atoms. The zero-order chi connectivity index (χ0) is 21.6. The maximum atomic E-state index is 13.0. The van der Waals surface area contributed by atoms with Gasteiger partial charge in [-0.3, -0.25) is 4.79 Å². The molecule has 1 unspecified atom stereocenters. The first-order chi connectivity index (χ1) is 14.9. The fourth-order valence-electron chi connectivity index (χ4n) is 5.86. The number of carbonyl (C=O) groups is 1. The second kappa shape index (κ2) is 8.05. The van der Waals surface area contributed by atoms with E-state index >= 15 is 0 Å². The summed E-state index contributed by atoms with van der Waals surface area (Å²) in [5.74, 6) is 1.22. The Balaban J connectivity index is 1.23. The Morgan fingerprint density at radius 3 is 2.55 bits per heavy atom. The lowest BCUT2D eigenvalue weighted by Crippen LogP contribution is -3.20. The second-order valence-electron chi connectivity index (χ2n) is 10.9. The van der Waals surface area contributed by atoms with Crippen LogP contribution in [0, 0.1) is 11.8 Å². The van der Waals surface area contributed by atoms with Gasteiger partial charge in [0.1, 0.15) is 11.7 Å². The lowest BCUT2D eigenvalue weighted by Gasteiger charge is -2.46. The molecule has 4 aliphatic rings. The molecule has 4 aliphatic heterocycles. The summed E-state index contributed by atoms with van der Waals surface area (Å²) in [6, 6.07) is 9.24. The van der Waals surface area contributed by atoms with E-state index in [9.17, 15) is 4.79 Å². The third-order valence-electron chi connectivity index (χ3n) is 7.78. The molecule has 0 saturated carbocycles. The van der Waals surface area contributed by atoms with Gasteiger partial charge in [0.2, 0.25) is 5.91 Å². The van der Waals surface area contributed by atoms with Crippen molar-refractivity contribution >= 4 is 5.91 Å². The molecule has 1 N–H and O–H groups in total. The van der Waals surface area contributed by atoms with E-state index in [4.69, 9.17) is 0 Å². The van der Waals surface area contributed by atoms with Crippen LogP contribution in [0.3, 0.4) is 0 Å². The van der Waals surface area contributed by atoms with Crippen molar-refractivity contribution in [2.24, 2.45) is 11.8 Å². The lowest BCUT2D eigenvalue weighted by atomic mass is 9.75. The summed E-state index contributed by atoms with van der Waals surface area (Å²) < 4.78 is 2.02. The third kappa shape index (κ3) is 4.14. The maximum Gasteiger partial charge on any atom is 0.231 e. The summed E-state index contributed by atoms with van der Waals surface area (Å²) in [6.07, 6.45) is 6.77. The van der Waals surface area contributed by atoms with Gasteiger partial charge in [-0.05, 0) is 29.7 Å². The third-order valence-corrected chi connectivity index (χ3v) is 7.78. The van der Waals surface area contributed by atoms with Crippen LogP contribution in [-0.2, 0) is 16.8 Å². The van der Waals surface area contributed by atoms with E-state index in [1.807, 2.05) is 4.68 Å². The monoisotopic (exact) mass is 422 g/mol. The minimum Gasteiger partial charge on any atom is -0.342 e. The van der Waals surface area contributed by atoms with Gasteiger partial charge in [0, 0.05) is 31.5 Å². The van der Waals surface area contributed by atoms with Crippen molar-refractivity contribution in [1.82, 2.24) is 19.9 Å². The van der Waals surface area contributed by atoms with E-state index in [-0.39, 0.29) is 11.3 Å². The molecular weight excluding hydrogens is 386 g/mol. The van der Waals surface area contributed by atoms with Gasteiger partial charge in [-0.1, -0.05) is 50.3 Å². The molecule has 0 spiro atoms. The van der Waals surface area contributed by atoms with Gasteiger partial charge in [0.05, 0.1) is 31.7 Å². The van der Waals surface area contributed by atoms with E-state index in [1.165, 1.54) is 31.4 Å². The minimum absolute atomic E-state index is 0.154. The maximum absolute atomic E-state index is 13.0. The molecule has 0 radical (unpaired) electrons. The highest BCUT2D eigenvalue weighted by Crippen LogP contribution is 2.30. The summed E-state index contributed by atoms with van der Waals surface area (Å²) in [7, 11) is 0. The first kappa shape index (κ1) is 20.7. The van der Waals surface area contributed by atoms with Gasteiger partial charge < -0.3 is 9.80 Å². The highest BCUT2D eigenvalue weighted by Gasteiger charge is 2.47. The van der Waals surface area contributed by atoms with Crippen molar-refractivity contribution in [3.8, 4) is 11.3 Å². The molecule has 31 heavy (non-hydrogen) atoms. The summed E-state index contributed by atoms with van der Waals surface area (Å²) in [4.78, 5) is 16.7. The average molecular weight is 423 g/mol. The SMILES string of the molecule is CC(C)(C)c1ccc(-c2cn(C[C@H]3C[C@H]4CC[NH+]3C[C@@H]4C(=O)N3CCCC3)nn2)cc1. The molecule has 2 aromatic rings. The van der Waals surface area contributed by atoms with Crippen LogP contribution in [0.1, 0.15) is 52.0 Å². The normalized spacial score (nSPS) is 28.3. The van der Waals surface area contributed by atoms with Gasteiger partial charge in [-0.25, -0.2) is 4.68 Å². The van der Waals surface area contributed by atoms with Crippen molar-refractivity contribution < 1.29 is 9.69 Å². The molecule has 4 fully saturated rings. The van der Waals surface area contributed by atoms with Gasteiger partial charge in [-0.15, -0.1) is 5.10 Å². The minimum atomic E-state index is 0.154. The Hall–Kier alpha value is -2.21. The number of rotatable bonds is 4. The molecule has 6 nitrogen and oxygen atoms in total. The van der Waals surface area contributed by atoms with Crippen LogP contribution in [0.25, 0.3) is 11.3 Å². The molecule has 1 aromatic heterocycles. The van der Waals surface area contributed by atoms with Gasteiger partial charge in [0.15, 0.2) is 0 Å². The number of aromatic nitrogens is 3. The number of nitrogens with zero attached hydrogens (tertiary/aromatic N) is 4. The quantitative estimate of drug-likeness (QED) is 0.822. The Kier molecular flexibility index (Phi) is 5.37. The Morgan fingerprint density at radius 2 is 1.90 bits per heavy atom. The number of quaternary nitrogens is 1. The molecular formula is C25H36N5O+. The number of piperidine rings is 3. The van der Waals surface area contributed by atoms with E-state index in [1.54, 1.807) is 4.90 Å². The molecule has 4 atom stereocenters.